The number of benzene rings is 9. The number of aliphatic hydroxyl groups excluding tert-OH is 1. The van der Waals surface area contributed by atoms with Gasteiger partial charge in [0.05, 0.1) is 39.8 Å². The van der Waals surface area contributed by atoms with Gasteiger partial charge in [0.1, 0.15) is 0 Å². The van der Waals surface area contributed by atoms with E-state index in [1.807, 2.05) is 177 Å². The molecule has 3 radical (unpaired) electrons. The van der Waals surface area contributed by atoms with Crippen molar-refractivity contribution in [1.29, 1.82) is 0 Å². The van der Waals surface area contributed by atoms with Gasteiger partial charge in [-0.15, -0.1) is 149 Å². The van der Waals surface area contributed by atoms with Gasteiger partial charge in [0, 0.05) is 178 Å². The first-order valence-corrected chi connectivity index (χ1v) is 34.7. The monoisotopic (exact) mass is 1950 g/mol. The fourth-order valence-electron chi connectivity index (χ4n) is 11.9. The van der Waals surface area contributed by atoms with E-state index in [-0.39, 0.29) is 71.9 Å². The van der Waals surface area contributed by atoms with Crippen LogP contribution in [0.25, 0.3) is 143 Å². The number of hydrogen-bond donors (Lipinski definition) is 1. The molecule has 0 bridgehead atoms. The maximum absolute atomic E-state index is 10.0. The summed E-state index contributed by atoms with van der Waals surface area (Å²) in [6, 6.07) is 84.9. The zero-order valence-electron chi connectivity index (χ0n) is 60.3. The van der Waals surface area contributed by atoms with Crippen molar-refractivity contribution in [2.75, 3.05) is 0 Å². The molecule has 9 aromatic heterocycles. The van der Waals surface area contributed by atoms with Gasteiger partial charge in [-0.2, -0.15) is 0 Å². The van der Waals surface area contributed by atoms with Crippen molar-refractivity contribution in [2.24, 2.45) is 5.92 Å². The number of allylic oxidation sites excluding steroid dienone is 2. The topological polar surface area (TPSA) is 192 Å². The second kappa shape index (κ2) is 38.8. The van der Waals surface area contributed by atoms with Crippen LogP contribution in [0.3, 0.4) is 0 Å². The van der Waals surface area contributed by atoms with Crippen LogP contribution in [0.2, 0.25) is 0 Å². The molecule has 0 unspecified atom stereocenters. The summed E-state index contributed by atoms with van der Waals surface area (Å²) in [4.78, 5) is 62.8. The van der Waals surface area contributed by atoms with Crippen molar-refractivity contribution >= 4 is 92.4 Å². The molecule has 0 amide bonds. The Balaban J connectivity index is 0.000000141. The van der Waals surface area contributed by atoms with E-state index in [1.165, 1.54) is 52.6 Å². The van der Waals surface area contributed by atoms with Crippen LogP contribution >= 0.6 is 0 Å². The number of rotatable bonds is 9. The third-order valence-corrected chi connectivity index (χ3v) is 17.1. The Morgan fingerprint density at radius 1 is 0.385 bits per heavy atom. The Morgan fingerprint density at radius 3 is 1.51 bits per heavy atom. The largest absolute Gasteiger partial charge is 0.512 e. The summed E-state index contributed by atoms with van der Waals surface area (Å²) in [5.74, 6) is 3.15. The molecule has 0 fully saturated rings. The molecule has 1 N–H and O–H groups in total. The molecule has 0 aliphatic rings. The second-order valence-corrected chi connectivity index (χ2v) is 25.7. The molecule has 543 valence electrons. The Kier molecular flexibility index (Phi) is 28.4. The molecular formula is C92H71Ir3N12O2-5. The summed E-state index contributed by atoms with van der Waals surface area (Å²) >= 11 is 0. The van der Waals surface area contributed by atoms with E-state index >= 15 is 0 Å². The average Bonchev–Trinajstić information content (AvgIpc) is 0.793. The van der Waals surface area contributed by atoms with E-state index < -0.39 is 0 Å². The van der Waals surface area contributed by atoms with Gasteiger partial charge in [0.25, 0.3) is 0 Å². The number of hydrogen-bond acceptors (Lipinski definition) is 14. The predicted octanol–water partition coefficient (Wildman–Crippen LogP) is 21.1. The molecule has 109 heavy (non-hydrogen) atoms. The van der Waals surface area contributed by atoms with Crippen LogP contribution in [-0.4, -0.2) is 70.7 Å². The summed E-state index contributed by atoms with van der Waals surface area (Å²) in [7, 11) is 0. The molecule has 0 saturated heterocycles. The van der Waals surface area contributed by atoms with Crippen LogP contribution in [0.15, 0.2) is 299 Å². The van der Waals surface area contributed by atoms with Crippen LogP contribution in [0.5, 0.6) is 0 Å². The summed E-state index contributed by atoms with van der Waals surface area (Å²) in [5, 5.41) is 22.9. The molecule has 14 nitrogen and oxygen atoms in total. The molecule has 0 aliphatic heterocycles. The summed E-state index contributed by atoms with van der Waals surface area (Å²) < 4.78 is 0. The predicted molar refractivity (Wildman–Crippen MR) is 427 cm³/mol. The fraction of sp³-hybridized carbons (Fsp3) is 0.0978. The van der Waals surface area contributed by atoms with Crippen LogP contribution in [0.4, 0.5) is 0 Å². The van der Waals surface area contributed by atoms with Crippen molar-refractivity contribution in [3.63, 3.8) is 0 Å². The number of carbonyl (C=O) groups excluding carboxylic acids is 1. The quantitative estimate of drug-likeness (QED) is 0.0472. The molecule has 17 heteroatoms. The van der Waals surface area contributed by atoms with Crippen molar-refractivity contribution in [2.45, 2.75) is 53.9 Å². The van der Waals surface area contributed by atoms with Gasteiger partial charge in [0.15, 0.2) is 5.78 Å². The van der Waals surface area contributed by atoms with Gasteiger partial charge in [0.2, 0.25) is 0 Å². The zero-order chi connectivity index (χ0) is 73.1. The Morgan fingerprint density at radius 2 is 0.936 bits per heavy atom. The number of aromatic nitrogens is 12. The number of nitrogens with zero attached hydrogens (tertiary/aromatic N) is 12. The van der Waals surface area contributed by atoms with Crippen LogP contribution in [0, 0.1) is 36.2 Å². The Bertz CT molecular complexity index is 5930. The molecule has 0 aliphatic carbocycles. The summed E-state index contributed by atoms with van der Waals surface area (Å²) in [6.45, 7) is 11.8. The van der Waals surface area contributed by atoms with Crippen molar-refractivity contribution in [3.8, 4) is 56.7 Å². The number of ketones is 1. The normalized spacial score (nSPS) is 10.8. The van der Waals surface area contributed by atoms with Gasteiger partial charge >= 0.3 is 0 Å². The van der Waals surface area contributed by atoms with E-state index in [9.17, 15) is 4.79 Å². The maximum Gasteiger partial charge on any atom is 0.155 e. The number of fused-ring (bicyclic) bond motifs is 10. The van der Waals surface area contributed by atoms with Crippen molar-refractivity contribution < 1.29 is 70.2 Å². The molecule has 18 aromatic rings. The third-order valence-electron chi connectivity index (χ3n) is 17.1. The minimum atomic E-state index is -0.125. The van der Waals surface area contributed by atoms with E-state index in [4.69, 9.17) is 15.1 Å². The van der Waals surface area contributed by atoms with Gasteiger partial charge in [-0.1, -0.05) is 135 Å². The van der Waals surface area contributed by atoms with E-state index in [0.29, 0.717) is 29.3 Å². The van der Waals surface area contributed by atoms with Gasteiger partial charge in [-0.25, -0.2) is 0 Å². The van der Waals surface area contributed by atoms with Crippen molar-refractivity contribution in [1.82, 2.24) is 59.8 Å². The first kappa shape index (κ1) is 79.9. The number of carbonyl (C=O) groups is 1. The molecular weight excluding hydrogens is 1880 g/mol. The third kappa shape index (κ3) is 20.7. The molecule has 9 heterocycles. The molecule has 0 atom stereocenters. The van der Waals surface area contributed by atoms with Gasteiger partial charge in [-0.05, 0) is 102 Å². The minimum Gasteiger partial charge on any atom is -0.512 e. The Hall–Kier alpha value is -11.6. The summed E-state index contributed by atoms with van der Waals surface area (Å²) in [5.41, 5.74) is 12.2. The van der Waals surface area contributed by atoms with Crippen LogP contribution in [0.1, 0.15) is 58.6 Å². The summed E-state index contributed by atoms with van der Waals surface area (Å²) in [6.07, 6.45) is 26.0. The number of pyridine rings is 6. The van der Waals surface area contributed by atoms with E-state index in [1.54, 1.807) is 37.1 Å². The van der Waals surface area contributed by atoms with Gasteiger partial charge in [-0.3, -0.25) is 49.7 Å². The molecule has 9 aromatic carbocycles. The SMILES string of the molecule is CC(=O)C=C(C)O.CC(C)Cc1ccc2cnc(-c3[c-]cccc3)cc2c1.CC(C)c1ccnc(-c2[c-]ccc3ccccc23)c1.[Ir].[Ir].[Ir].[c-]1ccccc1-c1ncc2ccc3cnccc3c2n1.[c-]1ccccc1-c1ncc2ccc3cnccc3c2n1.[c-]1ccncc1-c1ncc2cc3ccncc3cc2n1. The maximum atomic E-state index is 10.0. The Labute approximate surface area is 673 Å². The zero-order valence-corrected chi connectivity index (χ0v) is 67.5. The van der Waals surface area contributed by atoms with Crippen LogP contribution < -0.4 is 0 Å². The van der Waals surface area contributed by atoms with Gasteiger partial charge < -0.3 is 20.1 Å². The number of aliphatic hydroxyl groups is 1. The molecule has 0 saturated carbocycles. The first-order valence-electron chi connectivity index (χ1n) is 34.7. The fourth-order valence-corrected chi connectivity index (χ4v) is 11.9. The van der Waals surface area contributed by atoms with E-state index in [2.05, 4.69) is 181 Å². The standard InChI is InChI=1S/C19H18N.C18H16N.2C17H10N3.C16H9N4.C5H8O2.3Ir/c1-14(2)10-15-8-9-17-13-20-19(12-18(17)11-15)16-6-4-3-5-7-16;1-13(2)15-10-11-19-18(12-15)17-9-5-7-14-6-3-4-8-16(14)17;2*1-2-4-12(5-3-1)17-19-11-14-7-6-13-10-18-9-8-15(13)16(14)20-17;1-2-12(8-17-4-1)16-19-10-14-6-11-3-5-18-9-13(11)7-15(14)20-16;1-4(6)3-5(2)7;;;/h3-6,8-9,11-14H,10H2,1-2H3;3-8,10-13H,1-2H3;2*1-4,6-11H;1,3-10H;3,6H,1-2H3;;;/q5*-1;;;;. The minimum absolute atomic E-state index is 0. The van der Waals surface area contributed by atoms with Crippen molar-refractivity contribution in [3.05, 3.63) is 340 Å². The first-order chi connectivity index (χ1) is 51.8. The van der Waals surface area contributed by atoms with E-state index in [0.717, 1.165) is 111 Å². The van der Waals surface area contributed by atoms with Crippen LogP contribution in [-0.2, 0) is 71.5 Å². The molecule has 18 rings (SSSR count). The second-order valence-electron chi connectivity index (χ2n) is 25.7. The smallest absolute Gasteiger partial charge is 0.155 e. The molecule has 0 spiro atoms. The average molecular weight is 1950 g/mol.